The molecule has 1 aromatic rings. The minimum absolute atomic E-state index is 0.0481. The fourth-order valence-corrected chi connectivity index (χ4v) is 1.75. The van der Waals surface area contributed by atoms with Crippen LogP contribution in [0.25, 0.3) is 0 Å². The van der Waals surface area contributed by atoms with Crippen LogP contribution in [0.15, 0.2) is 18.2 Å². The van der Waals surface area contributed by atoms with Crippen LogP contribution in [-0.2, 0) is 4.74 Å². The predicted octanol–water partition coefficient (Wildman–Crippen LogP) is 2.07. The summed E-state index contributed by atoms with van der Waals surface area (Å²) in [6.45, 7) is 7.13. The van der Waals surface area contributed by atoms with Gasteiger partial charge in [-0.3, -0.25) is 4.79 Å². The molecule has 0 spiro atoms. The maximum Gasteiger partial charge on any atom is 0.253 e. The van der Waals surface area contributed by atoms with Crippen molar-refractivity contribution >= 4 is 11.6 Å². The van der Waals surface area contributed by atoms with Gasteiger partial charge < -0.3 is 20.5 Å². The lowest BCUT2D eigenvalue weighted by Gasteiger charge is -2.22. The van der Waals surface area contributed by atoms with E-state index < -0.39 is 0 Å². The number of carbonyl (C=O) groups is 1. The quantitative estimate of drug-likeness (QED) is 0.750. The Morgan fingerprint density at radius 3 is 2.65 bits per heavy atom. The van der Waals surface area contributed by atoms with Crippen molar-refractivity contribution in [1.29, 1.82) is 0 Å². The monoisotopic (exact) mass is 280 g/mol. The second-order valence-electron chi connectivity index (χ2n) is 4.94. The lowest BCUT2D eigenvalue weighted by molar-refractivity contribution is 0.0806. The number of amides is 1. The molecule has 0 aliphatic carbocycles. The summed E-state index contributed by atoms with van der Waals surface area (Å²) in [6.07, 6.45) is 0. The van der Waals surface area contributed by atoms with E-state index in [-0.39, 0.29) is 17.9 Å². The predicted molar refractivity (Wildman–Crippen MR) is 80.0 cm³/mol. The van der Waals surface area contributed by atoms with Crippen molar-refractivity contribution in [3.05, 3.63) is 23.8 Å². The molecule has 0 radical (unpaired) electrons. The Balaban J connectivity index is 2.82. The molecular formula is C15H24N2O3. The van der Waals surface area contributed by atoms with Crippen LogP contribution in [0.2, 0.25) is 0 Å². The second kappa shape index (κ2) is 7.75. The molecule has 0 bridgehead atoms. The van der Waals surface area contributed by atoms with Gasteiger partial charge in [0.1, 0.15) is 5.75 Å². The van der Waals surface area contributed by atoms with Gasteiger partial charge in [0.05, 0.1) is 25.3 Å². The van der Waals surface area contributed by atoms with Crippen LogP contribution in [0.4, 0.5) is 5.69 Å². The summed E-state index contributed by atoms with van der Waals surface area (Å²) >= 11 is 0. The van der Waals surface area contributed by atoms with Crippen LogP contribution in [-0.4, -0.2) is 32.3 Å². The van der Waals surface area contributed by atoms with E-state index in [1.54, 1.807) is 25.3 Å². The Kier molecular flexibility index (Phi) is 6.31. The van der Waals surface area contributed by atoms with Gasteiger partial charge in [0, 0.05) is 12.3 Å². The molecular weight excluding hydrogens is 256 g/mol. The maximum absolute atomic E-state index is 12.3. The number of hydrogen-bond donors (Lipinski definition) is 2. The van der Waals surface area contributed by atoms with Crippen LogP contribution in [0.3, 0.4) is 0 Å². The molecule has 3 N–H and O–H groups in total. The van der Waals surface area contributed by atoms with Gasteiger partial charge in [-0.1, -0.05) is 13.8 Å². The molecule has 112 valence electrons. The van der Waals surface area contributed by atoms with Gasteiger partial charge in [-0.2, -0.15) is 0 Å². The molecule has 1 unspecified atom stereocenters. The Morgan fingerprint density at radius 2 is 2.10 bits per heavy atom. The Hall–Kier alpha value is -1.75. The van der Waals surface area contributed by atoms with E-state index in [0.29, 0.717) is 30.2 Å². The number of hydrogen-bond acceptors (Lipinski definition) is 4. The molecule has 0 aliphatic rings. The van der Waals surface area contributed by atoms with Crippen LogP contribution in [0.1, 0.15) is 31.1 Å². The first-order valence-corrected chi connectivity index (χ1v) is 6.81. The van der Waals surface area contributed by atoms with Gasteiger partial charge in [0.15, 0.2) is 0 Å². The average Bonchev–Trinajstić information content (AvgIpc) is 2.43. The molecule has 1 rings (SSSR count). The van der Waals surface area contributed by atoms with E-state index in [0.717, 1.165) is 0 Å². The number of methoxy groups -OCH3 is 1. The lowest BCUT2D eigenvalue weighted by atomic mass is 10.0. The SMILES string of the molecule is CCOCC(NC(=O)c1cc(OC)ccc1N)C(C)C. The number of nitrogen functional groups attached to an aromatic ring is 1. The summed E-state index contributed by atoms with van der Waals surface area (Å²) in [6, 6.07) is 4.99. The third-order valence-corrected chi connectivity index (χ3v) is 3.13. The smallest absolute Gasteiger partial charge is 0.253 e. The van der Waals surface area contributed by atoms with Gasteiger partial charge in [0.25, 0.3) is 5.91 Å². The molecule has 0 aromatic heterocycles. The largest absolute Gasteiger partial charge is 0.497 e. The van der Waals surface area contributed by atoms with Crippen molar-refractivity contribution in [2.75, 3.05) is 26.1 Å². The average molecular weight is 280 g/mol. The molecule has 1 amide bonds. The fourth-order valence-electron chi connectivity index (χ4n) is 1.75. The molecule has 5 nitrogen and oxygen atoms in total. The first-order chi connectivity index (χ1) is 9.49. The summed E-state index contributed by atoms with van der Waals surface area (Å²) < 4.78 is 10.5. The summed E-state index contributed by atoms with van der Waals surface area (Å²) in [5.41, 5.74) is 6.70. The van der Waals surface area contributed by atoms with Crippen molar-refractivity contribution < 1.29 is 14.3 Å². The topological polar surface area (TPSA) is 73.6 Å². The van der Waals surface area contributed by atoms with Crippen molar-refractivity contribution in [1.82, 2.24) is 5.32 Å². The minimum Gasteiger partial charge on any atom is -0.497 e. The Morgan fingerprint density at radius 1 is 1.40 bits per heavy atom. The van der Waals surface area contributed by atoms with Gasteiger partial charge in [-0.15, -0.1) is 0 Å². The van der Waals surface area contributed by atoms with E-state index in [2.05, 4.69) is 5.32 Å². The Bertz CT molecular complexity index is 447. The molecule has 0 saturated carbocycles. The highest BCUT2D eigenvalue weighted by Gasteiger charge is 2.19. The number of nitrogens with one attached hydrogen (secondary N) is 1. The number of benzene rings is 1. The molecule has 1 aromatic carbocycles. The van der Waals surface area contributed by atoms with Crippen molar-refractivity contribution in [3.8, 4) is 5.75 Å². The molecule has 0 heterocycles. The van der Waals surface area contributed by atoms with Crippen LogP contribution >= 0.6 is 0 Å². The normalized spacial score (nSPS) is 12.2. The highest BCUT2D eigenvalue weighted by molar-refractivity contribution is 5.99. The molecule has 1 atom stereocenters. The fraction of sp³-hybridized carbons (Fsp3) is 0.533. The number of nitrogens with two attached hydrogens (primary N) is 1. The highest BCUT2D eigenvalue weighted by atomic mass is 16.5. The van der Waals surface area contributed by atoms with E-state index >= 15 is 0 Å². The van der Waals surface area contributed by atoms with E-state index in [9.17, 15) is 4.79 Å². The second-order valence-corrected chi connectivity index (χ2v) is 4.94. The lowest BCUT2D eigenvalue weighted by Crippen LogP contribution is -2.42. The van der Waals surface area contributed by atoms with Crippen molar-refractivity contribution in [2.24, 2.45) is 5.92 Å². The number of rotatable bonds is 7. The molecule has 0 fully saturated rings. The van der Waals surface area contributed by atoms with Gasteiger partial charge in [-0.25, -0.2) is 0 Å². The molecule has 20 heavy (non-hydrogen) atoms. The van der Waals surface area contributed by atoms with Gasteiger partial charge >= 0.3 is 0 Å². The zero-order valence-corrected chi connectivity index (χ0v) is 12.6. The van der Waals surface area contributed by atoms with E-state index in [4.69, 9.17) is 15.2 Å². The van der Waals surface area contributed by atoms with Crippen molar-refractivity contribution in [2.45, 2.75) is 26.8 Å². The summed E-state index contributed by atoms with van der Waals surface area (Å²) in [4.78, 5) is 12.3. The van der Waals surface area contributed by atoms with Gasteiger partial charge in [-0.05, 0) is 31.0 Å². The highest BCUT2D eigenvalue weighted by Crippen LogP contribution is 2.19. The van der Waals surface area contributed by atoms with Crippen LogP contribution < -0.4 is 15.8 Å². The maximum atomic E-state index is 12.3. The first kappa shape index (κ1) is 16.3. The third-order valence-electron chi connectivity index (χ3n) is 3.13. The third kappa shape index (κ3) is 4.42. The summed E-state index contributed by atoms with van der Waals surface area (Å²) in [7, 11) is 1.55. The first-order valence-electron chi connectivity index (χ1n) is 6.81. The van der Waals surface area contributed by atoms with Gasteiger partial charge in [0.2, 0.25) is 0 Å². The number of ether oxygens (including phenoxy) is 2. The minimum atomic E-state index is -0.209. The summed E-state index contributed by atoms with van der Waals surface area (Å²) in [5.74, 6) is 0.674. The van der Waals surface area contributed by atoms with E-state index in [1.807, 2.05) is 20.8 Å². The van der Waals surface area contributed by atoms with Crippen LogP contribution in [0, 0.1) is 5.92 Å². The Labute approximate surface area is 120 Å². The van der Waals surface area contributed by atoms with Crippen molar-refractivity contribution in [3.63, 3.8) is 0 Å². The molecule has 0 saturated heterocycles. The zero-order chi connectivity index (χ0) is 15.1. The zero-order valence-electron chi connectivity index (χ0n) is 12.6. The standard InChI is InChI=1S/C15H24N2O3/c1-5-20-9-14(10(2)3)17-15(18)12-8-11(19-4)6-7-13(12)16/h6-8,10,14H,5,9,16H2,1-4H3,(H,17,18). The molecule has 0 aliphatic heterocycles. The number of carbonyl (C=O) groups excluding carboxylic acids is 1. The van der Waals surface area contributed by atoms with E-state index in [1.165, 1.54) is 0 Å². The summed E-state index contributed by atoms with van der Waals surface area (Å²) in [5, 5.41) is 2.96. The molecule has 5 heteroatoms. The van der Waals surface area contributed by atoms with Crippen LogP contribution in [0.5, 0.6) is 5.75 Å². The number of anilines is 1.